The van der Waals surface area contributed by atoms with Crippen LogP contribution in [0.1, 0.15) is 30.9 Å². The Hall–Kier alpha value is -1.34. The van der Waals surface area contributed by atoms with Gasteiger partial charge in [-0.15, -0.1) is 5.73 Å². The second kappa shape index (κ2) is 7.86. The first-order valence-corrected chi connectivity index (χ1v) is 5.90. The summed E-state index contributed by atoms with van der Waals surface area (Å²) in [6.45, 7) is 4.41. The molecule has 0 bridgehead atoms. The van der Waals surface area contributed by atoms with Crippen molar-refractivity contribution in [3.63, 3.8) is 0 Å². The van der Waals surface area contributed by atoms with E-state index in [9.17, 15) is 5.11 Å². The van der Waals surface area contributed by atoms with Crippen LogP contribution in [0.2, 0.25) is 0 Å². The first-order chi connectivity index (χ1) is 8.29. The monoisotopic (exact) mass is 232 g/mol. The quantitative estimate of drug-likeness (QED) is 0.577. The average molecular weight is 232 g/mol. The highest BCUT2D eigenvalue weighted by Gasteiger charge is 2.11. The van der Waals surface area contributed by atoms with Crippen molar-refractivity contribution in [3.05, 3.63) is 53.8 Å². The molecule has 0 spiro atoms. The third-order valence-electron chi connectivity index (χ3n) is 2.72. The first kappa shape index (κ1) is 13.7. The number of methoxy groups -OCH3 is 1. The topological polar surface area (TPSA) is 29.5 Å². The van der Waals surface area contributed by atoms with Gasteiger partial charge in [0.2, 0.25) is 0 Å². The van der Waals surface area contributed by atoms with Crippen molar-refractivity contribution in [2.45, 2.75) is 25.4 Å². The predicted molar refractivity (Wildman–Crippen MR) is 69.8 cm³/mol. The normalized spacial score (nSPS) is 11.9. The van der Waals surface area contributed by atoms with E-state index in [0.717, 1.165) is 37.0 Å². The number of rotatable bonds is 7. The third-order valence-corrected chi connectivity index (χ3v) is 2.72. The van der Waals surface area contributed by atoms with Crippen LogP contribution < -0.4 is 0 Å². The largest absolute Gasteiger partial charge is 0.385 e. The Bertz CT molecular complexity index is 364. The molecule has 0 heterocycles. The molecule has 1 rings (SSSR count). The van der Waals surface area contributed by atoms with Crippen molar-refractivity contribution < 1.29 is 9.84 Å². The number of unbranched alkanes of at least 4 members (excludes halogenated alkanes) is 1. The molecule has 2 nitrogen and oxygen atoms in total. The lowest BCUT2D eigenvalue weighted by Gasteiger charge is -2.13. The lowest BCUT2D eigenvalue weighted by Crippen LogP contribution is -2.01. The molecule has 1 N–H and O–H groups in total. The van der Waals surface area contributed by atoms with Gasteiger partial charge in [0.1, 0.15) is 6.10 Å². The van der Waals surface area contributed by atoms with Crippen LogP contribution in [0, 0.1) is 0 Å². The lowest BCUT2D eigenvalue weighted by atomic mass is 9.98. The Labute approximate surface area is 103 Å². The molecule has 0 radical (unpaired) electrons. The summed E-state index contributed by atoms with van der Waals surface area (Å²) < 4.78 is 4.99. The Morgan fingerprint density at radius 1 is 1.35 bits per heavy atom. The van der Waals surface area contributed by atoms with Crippen LogP contribution in [0.25, 0.3) is 0 Å². The van der Waals surface area contributed by atoms with Crippen molar-refractivity contribution in [3.8, 4) is 0 Å². The van der Waals surface area contributed by atoms with E-state index in [1.807, 2.05) is 30.3 Å². The van der Waals surface area contributed by atoms with E-state index in [4.69, 9.17) is 4.74 Å². The molecule has 0 aliphatic carbocycles. The van der Waals surface area contributed by atoms with Gasteiger partial charge in [0.15, 0.2) is 0 Å². The maximum Gasteiger partial charge on any atom is 0.107 e. The standard InChI is InChI=1S/C15H20O2/c1-3-13(9-7-8-12-17-2)15(16)14-10-5-4-6-11-14/h4-6,10-11,15-16H,1,7-9,12H2,2H3. The summed E-state index contributed by atoms with van der Waals surface area (Å²) >= 11 is 0. The van der Waals surface area contributed by atoms with E-state index in [1.165, 1.54) is 0 Å². The minimum absolute atomic E-state index is 0.587. The van der Waals surface area contributed by atoms with Gasteiger partial charge in [-0.3, -0.25) is 0 Å². The number of ether oxygens (including phenoxy) is 1. The SMILES string of the molecule is C=C=C(CCCCOC)C(O)c1ccccc1. The van der Waals surface area contributed by atoms with Gasteiger partial charge in [0.05, 0.1) is 0 Å². The van der Waals surface area contributed by atoms with E-state index in [0.29, 0.717) is 0 Å². The van der Waals surface area contributed by atoms with E-state index in [1.54, 1.807) is 7.11 Å². The molecule has 92 valence electrons. The predicted octanol–water partition coefficient (Wildman–Crippen LogP) is 3.25. The van der Waals surface area contributed by atoms with Crippen LogP contribution in [-0.4, -0.2) is 18.8 Å². The second-order valence-electron chi connectivity index (χ2n) is 3.97. The van der Waals surface area contributed by atoms with Gasteiger partial charge >= 0.3 is 0 Å². The fourth-order valence-corrected chi connectivity index (χ4v) is 1.72. The average Bonchev–Trinajstić information content (AvgIpc) is 2.39. The summed E-state index contributed by atoms with van der Waals surface area (Å²) in [6.07, 6.45) is 2.19. The van der Waals surface area contributed by atoms with Gasteiger partial charge in [-0.05, 0) is 24.8 Å². The molecule has 17 heavy (non-hydrogen) atoms. The Kier molecular flexibility index (Phi) is 6.34. The number of benzene rings is 1. The molecule has 1 unspecified atom stereocenters. The van der Waals surface area contributed by atoms with Crippen molar-refractivity contribution in [1.29, 1.82) is 0 Å². The van der Waals surface area contributed by atoms with E-state index >= 15 is 0 Å². The summed E-state index contributed by atoms with van der Waals surface area (Å²) in [5.74, 6) is 0. The van der Waals surface area contributed by atoms with E-state index < -0.39 is 6.10 Å². The molecular formula is C15H20O2. The fraction of sp³-hybridized carbons (Fsp3) is 0.400. The van der Waals surface area contributed by atoms with Gasteiger partial charge in [0, 0.05) is 19.3 Å². The summed E-state index contributed by atoms with van der Waals surface area (Å²) in [7, 11) is 1.70. The molecule has 0 fully saturated rings. The van der Waals surface area contributed by atoms with Crippen molar-refractivity contribution in [1.82, 2.24) is 0 Å². The number of hydrogen-bond acceptors (Lipinski definition) is 2. The minimum Gasteiger partial charge on any atom is -0.385 e. The molecule has 0 amide bonds. The molecule has 1 atom stereocenters. The fourth-order valence-electron chi connectivity index (χ4n) is 1.72. The molecular weight excluding hydrogens is 212 g/mol. The van der Waals surface area contributed by atoms with Gasteiger partial charge in [-0.1, -0.05) is 36.9 Å². The van der Waals surface area contributed by atoms with Crippen LogP contribution in [0.3, 0.4) is 0 Å². The molecule has 0 aliphatic heterocycles. The van der Waals surface area contributed by atoms with E-state index in [-0.39, 0.29) is 0 Å². The zero-order valence-electron chi connectivity index (χ0n) is 10.4. The molecule has 1 aromatic rings. The van der Waals surface area contributed by atoms with Crippen LogP contribution >= 0.6 is 0 Å². The number of hydrogen-bond donors (Lipinski definition) is 1. The maximum atomic E-state index is 10.2. The second-order valence-corrected chi connectivity index (χ2v) is 3.97. The minimum atomic E-state index is -0.587. The highest BCUT2D eigenvalue weighted by Crippen LogP contribution is 2.24. The molecule has 0 aliphatic rings. The molecule has 2 heteroatoms. The van der Waals surface area contributed by atoms with Crippen LogP contribution in [-0.2, 0) is 4.74 Å². The molecule has 0 saturated heterocycles. The van der Waals surface area contributed by atoms with Crippen LogP contribution in [0.5, 0.6) is 0 Å². The lowest BCUT2D eigenvalue weighted by molar-refractivity contribution is 0.188. The van der Waals surface area contributed by atoms with Crippen molar-refractivity contribution in [2.24, 2.45) is 0 Å². The number of aliphatic hydroxyl groups excluding tert-OH is 1. The Balaban J connectivity index is 2.54. The Morgan fingerprint density at radius 3 is 2.65 bits per heavy atom. The third kappa shape index (κ3) is 4.58. The maximum absolute atomic E-state index is 10.2. The van der Waals surface area contributed by atoms with Crippen molar-refractivity contribution in [2.75, 3.05) is 13.7 Å². The smallest absolute Gasteiger partial charge is 0.107 e. The number of aliphatic hydroxyl groups is 1. The highest BCUT2D eigenvalue weighted by atomic mass is 16.5. The Morgan fingerprint density at radius 2 is 2.06 bits per heavy atom. The summed E-state index contributed by atoms with van der Waals surface area (Å²) in [5.41, 5.74) is 4.60. The summed E-state index contributed by atoms with van der Waals surface area (Å²) in [5, 5.41) is 10.2. The molecule has 1 aromatic carbocycles. The highest BCUT2D eigenvalue weighted by molar-refractivity contribution is 5.25. The zero-order chi connectivity index (χ0) is 12.5. The van der Waals surface area contributed by atoms with Gasteiger partial charge in [0.25, 0.3) is 0 Å². The molecule has 0 aromatic heterocycles. The molecule has 0 saturated carbocycles. The van der Waals surface area contributed by atoms with Crippen molar-refractivity contribution >= 4 is 0 Å². The van der Waals surface area contributed by atoms with Gasteiger partial charge < -0.3 is 9.84 Å². The van der Waals surface area contributed by atoms with E-state index in [2.05, 4.69) is 12.3 Å². The summed E-state index contributed by atoms with van der Waals surface area (Å²) in [6, 6.07) is 9.61. The van der Waals surface area contributed by atoms with Gasteiger partial charge in [-0.25, -0.2) is 0 Å². The van der Waals surface area contributed by atoms with Gasteiger partial charge in [-0.2, -0.15) is 0 Å². The first-order valence-electron chi connectivity index (χ1n) is 5.90. The van der Waals surface area contributed by atoms with Crippen LogP contribution in [0.15, 0.2) is 48.2 Å². The van der Waals surface area contributed by atoms with Crippen LogP contribution in [0.4, 0.5) is 0 Å². The summed E-state index contributed by atoms with van der Waals surface area (Å²) in [4.78, 5) is 0. The zero-order valence-corrected chi connectivity index (χ0v) is 10.4.